The molecule has 3 rings (SSSR count). The van der Waals surface area contributed by atoms with Crippen molar-refractivity contribution in [1.29, 1.82) is 0 Å². The van der Waals surface area contributed by atoms with Crippen LogP contribution in [0.2, 0.25) is 0 Å². The first kappa shape index (κ1) is 19.9. The highest BCUT2D eigenvalue weighted by Crippen LogP contribution is 2.20. The Bertz CT molecular complexity index is 870. The maximum absolute atomic E-state index is 12.9. The fourth-order valence-corrected chi connectivity index (χ4v) is 4.29. The van der Waals surface area contributed by atoms with Gasteiger partial charge in [0.1, 0.15) is 0 Å². The Hall–Kier alpha value is -1.86. The van der Waals surface area contributed by atoms with Crippen molar-refractivity contribution in [3.05, 3.63) is 34.6 Å². The first-order chi connectivity index (χ1) is 12.8. The molecular formula is C20H27N3O3S. The lowest BCUT2D eigenvalue weighted by molar-refractivity contribution is -0.140. The van der Waals surface area contributed by atoms with Gasteiger partial charge in [-0.2, -0.15) is 0 Å². The monoisotopic (exact) mass is 389 g/mol. The van der Waals surface area contributed by atoms with E-state index in [2.05, 4.69) is 18.8 Å². The number of carbonyl (C=O) groups excluding carboxylic acids is 1. The first-order valence-electron chi connectivity index (χ1n) is 9.40. The fourth-order valence-electron chi connectivity index (χ4n) is 3.38. The first-order valence-corrected chi connectivity index (χ1v) is 10.4. The second-order valence-corrected chi connectivity index (χ2v) is 8.51. The van der Waals surface area contributed by atoms with Crippen LogP contribution in [-0.2, 0) is 16.1 Å². The number of hydrogen-bond donors (Lipinski definition) is 0. The molecule has 1 aliphatic heterocycles. The van der Waals surface area contributed by atoms with Crippen molar-refractivity contribution in [1.82, 2.24) is 14.5 Å². The molecule has 0 saturated carbocycles. The molecule has 1 fully saturated rings. The maximum Gasteiger partial charge on any atom is 0.262 e. The molecule has 0 aliphatic carbocycles. The van der Waals surface area contributed by atoms with E-state index in [0.717, 1.165) is 0 Å². The number of fused-ring (bicyclic) bond motifs is 1. The maximum atomic E-state index is 12.9. The van der Waals surface area contributed by atoms with Gasteiger partial charge in [0, 0.05) is 19.6 Å². The van der Waals surface area contributed by atoms with E-state index in [4.69, 9.17) is 4.74 Å². The molecule has 0 bridgehead atoms. The minimum absolute atomic E-state index is 0.0422. The van der Waals surface area contributed by atoms with E-state index < -0.39 is 0 Å². The van der Waals surface area contributed by atoms with Crippen LogP contribution in [0.1, 0.15) is 27.7 Å². The van der Waals surface area contributed by atoms with E-state index in [-0.39, 0.29) is 29.4 Å². The van der Waals surface area contributed by atoms with Crippen molar-refractivity contribution in [2.75, 3.05) is 18.8 Å². The SMILES string of the molecule is CC(C)Cn1c(SCC(=O)N2C[C@H](C)O[C@@H](C)C2)nc2ccccc2c1=O. The Labute approximate surface area is 163 Å². The number of ether oxygens (including phenoxy) is 1. The highest BCUT2D eigenvalue weighted by molar-refractivity contribution is 7.99. The molecule has 2 atom stereocenters. The molecule has 6 nitrogen and oxygen atoms in total. The molecule has 1 aliphatic rings. The molecule has 1 aromatic carbocycles. The Morgan fingerprint density at radius 2 is 1.93 bits per heavy atom. The van der Waals surface area contributed by atoms with Crippen molar-refractivity contribution in [3.8, 4) is 0 Å². The highest BCUT2D eigenvalue weighted by atomic mass is 32.2. The third-order valence-corrected chi connectivity index (χ3v) is 5.43. The summed E-state index contributed by atoms with van der Waals surface area (Å²) in [5.41, 5.74) is 0.629. The zero-order valence-electron chi connectivity index (χ0n) is 16.3. The largest absolute Gasteiger partial charge is 0.372 e. The number of hydrogen-bond acceptors (Lipinski definition) is 5. The molecule has 146 valence electrons. The second kappa shape index (κ2) is 8.44. The van der Waals surface area contributed by atoms with E-state index in [1.54, 1.807) is 10.6 Å². The van der Waals surface area contributed by atoms with Gasteiger partial charge in [-0.05, 0) is 31.9 Å². The van der Waals surface area contributed by atoms with Crippen LogP contribution in [0.15, 0.2) is 34.2 Å². The van der Waals surface area contributed by atoms with Gasteiger partial charge in [-0.3, -0.25) is 14.2 Å². The zero-order chi connectivity index (χ0) is 19.6. The summed E-state index contributed by atoms with van der Waals surface area (Å²) in [4.78, 5) is 32.1. The number of para-hydroxylation sites is 1. The molecule has 1 saturated heterocycles. The third kappa shape index (κ3) is 4.71. The van der Waals surface area contributed by atoms with E-state index in [0.29, 0.717) is 41.6 Å². The van der Waals surface area contributed by atoms with Crippen LogP contribution < -0.4 is 5.56 Å². The fraction of sp³-hybridized carbons (Fsp3) is 0.550. The number of rotatable bonds is 5. The van der Waals surface area contributed by atoms with Gasteiger partial charge in [-0.15, -0.1) is 0 Å². The van der Waals surface area contributed by atoms with Crippen LogP contribution in [-0.4, -0.2) is 51.4 Å². The lowest BCUT2D eigenvalue weighted by atomic mass is 10.2. The topological polar surface area (TPSA) is 64.4 Å². The summed E-state index contributed by atoms with van der Waals surface area (Å²) in [5.74, 6) is 0.629. The number of benzene rings is 1. The Kier molecular flexibility index (Phi) is 6.22. The minimum atomic E-state index is -0.0436. The number of carbonyl (C=O) groups is 1. The number of morpholine rings is 1. The van der Waals surface area contributed by atoms with Crippen molar-refractivity contribution >= 4 is 28.6 Å². The van der Waals surface area contributed by atoms with E-state index in [1.807, 2.05) is 36.9 Å². The highest BCUT2D eigenvalue weighted by Gasteiger charge is 2.26. The molecule has 1 amide bonds. The van der Waals surface area contributed by atoms with E-state index in [1.165, 1.54) is 11.8 Å². The summed E-state index contributed by atoms with van der Waals surface area (Å²) >= 11 is 1.34. The molecule has 2 aromatic rings. The molecule has 1 aromatic heterocycles. The summed E-state index contributed by atoms with van der Waals surface area (Å²) in [6.07, 6.45) is 0.0845. The summed E-state index contributed by atoms with van der Waals surface area (Å²) in [7, 11) is 0. The Balaban J connectivity index is 1.83. The molecule has 27 heavy (non-hydrogen) atoms. The van der Waals surface area contributed by atoms with Crippen LogP contribution in [0.25, 0.3) is 10.9 Å². The summed E-state index contributed by atoms with van der Waals surface area (Å²) in [6, 6.07) is 7.37. The molecular weight excluding hydrogens is 362 g/mol. The average Bonchev–Trinajstić information content (AvgIpc) is 2.61. The predicted octanol–water partition coefficient (Wildman–Crippen LogP) is 2.78. The quantitative estimate of drug-likeness (QED) is 0.581. The van der Waals surface area contributed by atoms with Crippen LogP contribution >= 0.6 is 11.8 Å². The standard InChI is InChI=1S/C20H27N3O3S/c1-13(2)9-23-19(25)16-7-5-6-8-17(16)21-20(23)27-12-18(24)22-10-14(3)26-15(4)11-22/h5-8,13-15H,9-12H2,1-4H3/t14-,15-/m0/s1. The normalized spacial score (nSPS) is 20.4. The number of nitrogens with zero attached hydrogens (tertiary/aromatic N) is 3. The molecule has 0 unspecified atom stereocenters. The van der Waals surface area contributed by atoms with Gasteiger partial charge in [0.05, 0.1) is 28.9 Å². The van der Waals surface area contributed by atoms with Crippen molar-refractivity contribution in [2.45, 2.75) is 51.6 Å². The second-order valence-electron chi connectivity index (χ2n) is 7.57. The number of amides is 1. The number of thioether (sulfide) groups is 1. The van der Waals surface area contributed by atoms with Gasteiger partial charge in [0.15, 0.2) is 5.16 Å². The van der Waals surface area contributed by atoms with Gasteiger partial charge in [-0.1, -0.05) is 37.7 Å². The molecule has 2 heterocycles. The van der Waals surface area contributed by atoms with Crippen LogP contribution in [0.4, 0.5) is 0 Å². The average molecular weight is 390 g/mol. The molecule has 0 radical (unpaired) electrons. The van der Waals surface area contributed by atoms with Crippen molar-refractivity contribution < 1.29 is 9.53 Å². The molecule has 0 spiro atoms. The summed E-state index contributed by atoms with van der Waals surface area (Å²) in [5, 5.41) is 1.22. The lowest BCUT2D eigenvalue weighted by Crippen LogP contribution is -2.48. The lowest BCUT2D eigenvalue weighted by Gasteiger charge is -2.35. The van der Waals surface area contributed by atoms with E-state index in [9.17, 15) is 9.59 Å². The number of aromatic nitrogens is 2. The van der Waals surface area contributed by atoms with Crippen molar-refractivity contribution in [3.63, 3.8) is 0 Å². The van der Waals surface area contributed by atoms with Gasteiger partial charge in [0.25, 0.3) is 5.56 Å². The van der Waals surface area contributed by atoms with Gasteiger partial charge < -0.3 is 9.64 Å². The van der Waals surface area contributed by atoms with E-state index >= 15 is 0 Å². The predicted molar refractivity (Wildman–Crippen MR) is 108 cm³/mol. The van der Waals surface area contributed by atoms with Gasteiger partial charge in [0.2, 0.25) is 5.91 Å². The summed E-state index contributed by atoms with van der Waals surface area (Å²) < 4.78 is 7.40. The van der Waals surface area contributed by atoms with Crippen LogP contribution in [0, 0.1) is 5.92 Å². The third-order valence-electron chi connectivity index (χ3n) is 4.47. The van der Waals surface area contributed by atoms with Gasteiger partial charge >= 0.3 is 0 Å². The zero-order valence-corrected chi connectivity index (χ0v) is 17.2. The summed E-state index contributed by atoms with van der Waals surface area (Å²) in [6.45, 7) is 9.89. The van der Waals surface area contributed by atoms with Crippen LogP contribution in [0.3, 0.4) is 0 Å². The Morgan fingerprint density at radius 3 is 2.59 bits per heavy atom. The Morgan fingerprint density at radius 1 is 1.26 bits per heavy atom. The van der Waals surface area contributed by atoms with Crippen molar-refractivity contribution in [2.24, 2.45) is 5.92 Å². The smallest absolute Gasteiger partial charge is 0.262 e. The molecule has 0 N–H and O–H groups in total. The molecule has 7 heteroatoms. The van der Waals surface area contributed by atoms with Crippen LogP contribution in [0.5, 0.6) is 0 Å². The minimum Gasteiger partial charge on any atom is -0.372 e. The van der Waals surface area contributed by atoms with Gasteiger partial charge in [-0.25, -0.2) is 4.98 Å².